The molecule has 1 aliphatic carbocycles. The fourth-order valence-electron chi connectivity index (χ4n) is 4.54. The molecule has 132 valence electrons. The number of hydrogen-bond acceptors (Lipinski definition) is 1. The Morgan fingerprint density at radius 3 is 2.37 bits per heavy atom. The van der Waals surface area contributed by atoms with Gasteiger partial charge in [-0.25, -0.2) is 0 Å². The summed E-state index contributed by atoms with van der Waals surface area (Å²) in [5.74, 6) is 0.276. The first-order chi connectivity index (χ1) is 13.2. The molecule has 1 heterocycles. The highest BCUT2D eigenvalue weighted by Crippen LogP contribution is 2.49. The van der Waals surface area contributed by atoms with Gasteiger partial charge in [0.15, 0.2) is 0 Å². The minimum absolute atomic E-state index is 0.0344. The molecule has 0 radical (unpaired) electrons. The van der Waals surface area contributed by atoms with Crippen LogP contribution in [-0.4, -0.2) is 4.98 Å². The molecular formula is C24H18BrNO. The lowest BCUT2D eigenvalue weighted by molar-refractivity contribution is 0.651. The molecule has 0 bridgehead atoms. The second-order valence-corrected chi connectivity index (χ2v) is 7.97. The Hall–Kier alpha value is -2.65. The monoisotopic (exact) mass is 415 g/mol. The SMILES string of the molecule is O=c1[nH]c2ccccc2c2c1[C@@H](c1ccccc1)[C@H](c1ccccc1Br)C2. The average Bonchev–Trinajstić information content (AvgIpc) is 3.10. The number of hydrogen-bond donors (Lipinski definition) is 1. The Labute approximate surface area is 166 Å². The summed E-state index contributed by atoms with van der Waals surface area (Å²) in [5, 5.41) is 1.16. The maximum Gasteiger partial charge on any atom is 0.252 e. The number of aromatic amines is 1. The van der Waals surface area contributed by atoms with E-state index in [9.17, 15) is 4.79 Å². The summed E-state index contributed by atoms with van der Waals surface area (Å²) in [7, 11) is 0. The summed E-state index contributed by atoms with van der Waals surface area (Å²) < 4.78 is 1.10. The van der Waals surface area contributed by atoms with Crippen molar-refractivity contribution in [1.82, 2.24) is 4.98 Å². The van der Waals surface area contributed by atoms with E-state index in [1.54, 1.807) is 0 Å². The molecule has 0 spiro atoms. The molecule has 4 aromatic rings. The van der Waals surface area contributed by atoms with Gasteiger partial charge in [0, 0.05) is 32.8 Å². The molecule has 1 aromatic heterocycles. The van der Waals surface area contributed by atoms with Crippen LogP contribution in [0.15, 0.2) is 88.1 Å². The van der Waals surface area contributed by atoms with Gasteiger partial charge in [0.25, 0.3) is 5.56 Å². The molecule has 0 saturated carbocycles. The minimum atomic E-state index is 0.0344. The normalized spacial score (nSPS) is 18.6. The maximum absolute atomic E-state index is 13.1. The summed E-state index contributed by atoms with van der Waals surface area (Å²) in [6, 6.07) is 26.9. The number of aromatic nitrogens is 1. The van der Waals surface area contributed by atoms with Gasteiger partial charge in [-0.2, -0.15) is 0 Å². The number of benzene rings is 3. The molecular weight excluding hydrogens is 398 g/mol. The van der Waals surface area contributed by atoms with E-state index in [1.807, 2.05) is 30.3 Å². The second kappa shape index (κ2) is 6.50. The number of nitrogens with one attached hydrogen (secondary N) is 1. The lowest BCUT2D eigenvalue weighted by Gasteiger charge is -2.22. The molecule has 27 heavy (non-hydrogen) atoms. The Morgan fingerprint density at radius 1 is 0.852 bits per heavy atom. The van der Waals surface area contributed by atoms with Crippen molar-refractivity contribution in [3.8, 4) is 0 Å². The van der Waals surface area contributed by atoms with E-state index in [2.05, 4.69) is 69.4 Å². The van der Waals surface area contributed by atoms with Crippen molar-refractivity contribution in [2.75, 3.05) is 0 Å². The highest BCUT2D eigenvalue weighted by atomic mass is 79.9. The summed E-state index contributed by atoms with van der Waals surface area (Å²) in [5.41, 5.74) is 5.50. The number of para-hydroxylation sites is 1. The quantitative estimate of drug-likeness (QED) is 0.443. The zero-order valence-electron chi connectivity index (χ0n) is 14.7. The highest BCUT2D eigenvalue weighted by molar-refractivity contribution is 9.10. The Kier molecular flexibility index (Phi) is 3.98. The van der Waals surface area contributed by atoms with Crippen LogP contribution >= 0.6 is 15.9 Å². The lowest BCUT2D eigenvalue weighted by Crippen LogP contribution is -2.18. The molecule has 1 N–H and O–H groups in total. The zero-order chi connectivity index (χ0) is 18.4. The van der Waals surface area contributed by atoms with Crippen molar-refractivity contribution in [3.05, 3.63) is 116 Å². The summed E-state index contributed by atoms with van der Waals surface area (Å²) >= 11 is 3.73. The second-order valence-electron chi connectivity index (χ2n) is 7.11. The van der Waals surface area contributed by atoms with Gasteiger partial charge in [0.2, 0.25) is 0 Å². The minimum Gasteiger partial charge on any atom is -0.322 e. The van der Waals surface area contributed by atoms with Crippen molar-refractivity contribution in [1.29, 1.82) is 0 Å². The Morgan fingerprint density at radius 2 is 1.56 bits per heavy atom. The number of halogens is 1. The van der Waals surface area contributed by atoms with Gasteiger partial charge < -0.3 is 4.98 Å². The molecule has 5 rings (SSSR count). The van der Waals surface area contributed by atoms with Crippen molar-refractivity contribution in [3.63, 3.8) is 0 Å². The largest absolute Gasteiger partial charge is 0.322 e. The van der Waals surface area contributed by atoms with Gasteiger partial charge >= 0.3 is 0 Å². The topological polar surface area (TPSA) is 32.9 Å². The maximum atomic E-state index is 13.1. The predicted molar refractivity (Wildman–Crippen MR) is 113 cm³/mol. The molecule has 0 aliphatic heterocycles. The summed E-state index contributed by atoms with van der Waals surface area (Å²) in [6.07, 6.45) is 0.863. The molecule has 3 heteroatoms. The van der Waals surface area contributed by atoms with Crippen molar-refractivity contribution in [2.45, 2.75) is 18.3 Å². The highest BCUT2D eigenvalue weighted by Gasteiger charge is 2.38. The van der Waals surface area contributed by atoms with Gasteiger partial charge in [-0.3, -0.25) is 4.79 Å². The standard InChI is InChI=1S/C24H18BrNO/c25-20-12-6-4-10-16(20)18-14-19-17-11-5-7-13-21(17)26-24(27)23(19)22(18)15-8-2-1-3-9-15/h1-13,18,22H,14H2,(H,26,27)/t18-,22-/m0/s1. The molecule has 3 aromatic carbocycles. The van der Waals surface area contributed by atoms with Crippen molar-refractivity contribution in [2.24, 2.45) is 0 Å². The predicted octanol–water partition coefficient (Wildman–Crippen LogP) is 5.76. The fourth-order valence-corrected chi connectivity index (χ4v) is 5.12. The molecule has 2 atom stereocenters. The van der Waals surface area contributed by atoms with E-state index < -0.39 is 0 Å². The van der Waals surface area contributed by atoms with Crippen molar-refractivity contribution >= 4 is 26.8 Å². The third kappa shape index (κ3) is 2.65. The Balaban J connectivity index is 1.81. The van der Waals surface area contributed by atoms with Crippen LogP contribution in [0.3, 0.4) is 0 Å². The van der Waals surface area contributed by atoms with E-state index in [0.29, 0.717) is 0 Å². The van der Waals surface area contributed by atoms with Gasteiger partial charge in [-0.15, -0.1) is 0 Å². The van der Waals surface area contributed by atoms with Crippen LogP contribution in [-0.2, 0) is 6.42 Å². The van der Waals surface area contributed by atoms with E-state index in [1.165, 1.54) is 16.7 Å². The van der Waals surface area contributed by atoms with Crippen LogP contribution in [0.1, 0.15) is 34.1 Å². The number of rotatable bonds is 2. The third-order valence-corrected chi connectivity index (χ3v) is 6.39. The number of pyridine rings is 1. The van der Waals surface area contributed by atoms with E-state index in [0.717, 1.165) is 27.4 Å². The van der Waals surface area contributed by atoms with E-state index >= 15 is 0 Å². The third-order valence-electron chi connectivity index (χ3n) is 5.67. The average molecular weight is 416 g/mol. The van der Waals surface area contributed by atoms with Gasteiger partial charge in [0.05, 0.1) is 0 Å². The fraction of sp³-hybridized carbons (Fsp3) is 0.125. The lowest BCUT2D eigenvalue weighted by atomic mass is 9.82. The summed E-state index contributed by atoms with van der Waals surface area (Å²) in [6.45, 7) is 0. The van der Waals surface area contributed by atoms with Crippen LogP contribution in [0.25, 0.3) is 10.9 Å². The van der Waals surface area contributed by atoms with Crippen LogP contribution in [0.2, 0.25) is 0 Å². The Bertz CT molecular complexity index is 1200. The first-order valence-electron chi connectivity index (χ1n) is 9.17. The van der Waals surface area contributed by atoms with Crippen LogP contribution in [0.4, 0.5) is 0 Å². The summed E-state index contributed by atoms with van der Waals surface area (Å²) in [4.78, 5) is 16.2. The molecule has 0 fully saturated rings. The first-order valence-corrected chi connectivity index (χ1v) is 9.96. The van der Waals surface area contributed by atoms with Crippen LogP contribution < -0.4 is 5.56 Å². The van der Waals surface area contributed by atoms with E-state index in [4.69, 9.17) is 0 Å². The number of H-pyrrole nitrogens is 1. The number of fused-ring (bicyclic) bond motifs is 3. The van der Waals surface area contributed by atoms with Crippen molar-refractivity contribution < 1.29 is 0 Å². The van der Waals surface area contributed by atoms with Crippen LogP contribution in [0.5, 0.6) is 0 Å². The molecule has 0 unspecified atom stereocenters. The van der Waals surface area contributed by atoms with Gasteiger partial charge in [-0.1, -0.05) is 82.7 Å². The van der Waals surface area contributed by atoms with Crippen LogP contribution in [0, 0.1) is 0 Å². The van der Waals surface area contributed by atoms with E-state index in [-0.39, 0.29) is 17.4 Å². The zero-order valence-corrected chi connectivity index (χ0v) is 16.2. The molecule has 0 saturated heterocycles. The van der Waals surface area contributed by atoms with Gasteiger partial charge in [0.1, 0.15) is 0 Å². The smallest absolute Gasteiger partial charge is 0.252 e. The molecule has 2 nitrogen and oxygen atoms in total. The molecule has 0 amide bonds. The van der Waals surface area contributed by atoms with Gasteiger partial charge in [-0.05, 0) is 35.2 Å². The first kappa shape index (κ1) is 16.5. The molecule has 1 aliphatic rings.